The normalized spacial score (nSPS) is 22.8. The molecule has 0 aliphatic carbocycles. The fourth-order valence-corrected chi connectivity index (χ4v) is 4.26. The molecule has 1 aromatic carbocycles. The van der Waals surface area contributed by atoms with Gasteiger partial charge in [-0.15, -0.1) is 0 Å². The van der Waals surface area contributed by atoms with E-state index in [9.17, 15) is 8.42 Å². The monoisotopic (exact) mass is 317 g/mol. The van der Waals surface area contributed by atoms with Gasteiger partial charge in [0, 0.05) is 10.5 Å². The molecule has 2 rings (SSSR count). The highest BCUT2D eigenvalue weighted by atomic mass is 79.9. The molecule has 17 heavy (non-hydrogen) atoms. The highest BCUT2D eigenvalue weighted by molar-refractivity contribution is 9.10. The topological polar surface area (TPSA) is 46.2 Å². The van der Waals surface area contributed by atoms with E-state index in [2.05, 4.69) is 21.2 Å². The van der Waals surface area contributed by atoms with Crippen LogP contribution in [-0.4, -0.2) is 20.7 Å². The Kier molecular flexibility index (Phi) is 3.90. The second-order valence-electron chi connectivity index (χ2n) is 4.25. The Morgan fingerprint density at radius 2 is 2.24 bits per heavy atom. The van der Waals surface area contributed by atoms with Gasteiger partial charge in [0.05, 0.1) is 10.6 Å². The molecule has 0 radical (unpaired) electrons. The summed E-state index contributed by atoms with van der Waals surface area (Å²) in [6, 6.07) is 5.57. The van der Waals surface area contributed by atoms with Crippen LogP contribution in [0.25, 0.3) is 0 Å². The summed E-state index contributed by atoms with van der Waals surface area (Å²) >= 11 is 3.41. The molecule has 1 aliphatic heterocycles. The van der Waals surface area contributed by atoms with Crippen LogP contribution in [0.2, 0.25) is 0 Å². The molecule has 1 aromatic rings. The van der Waals surface area contributed by atoms with Crippen molar-refractivity contribution in [3.63, 3.8) is 0 Å². The summed E-state index contributed by atoms with van der Waals surface area (Å²) in [5.41, 5.74) is 0.902. The maximum atomic E-state index is 12.1. The van der Waals surface area contributed by atoms with E-state index >= 15 is 0 Å². The van der Waals surface area contributed by atoms with Gasteiger partial charge in [0.15, 0.2) is 9.84 Å². The van der Waals surface area contributed by atoms with Crippen molar-refractivity contribution in [3.8, 4) is 0 Å². The summed E-state index contributed by atoms with van der Waals surface area (Å²) in [5.74, 6) is 0.253. The minimum absolute atomic E-state index is 0.143. The molecule has 0 saturated heterocycles. The Morgan fingerprint density at radius 1 is 1.47 bits per heavy atom. The number of sulfone groups is 1. The van der Waals surface area contributed by atoms with Crippen molar-refractivity contribution in [1.82, 2.24) is 5.32 Å². The summed E-state index contributed by atoms with van der Waals surface area (Å²) < 4.78 is 25.1. The zero-order chi connectivity index (χ0) is 12.5. The highest BCUT2D eigenvalue weighted by Crippen LogP contribution is 2.32. The SMILES string of the molecule is CCNC1CCCS(=O)(=O)c2ccc(Br)cc21. The lowest BCUT2D eigenvalue weighted by Crippen LogP contribution is -2.21. The largest absolute Gasteiger partial charge is 0.310 e. The van der Waals surface area contributed by atoms with Crippen molar-refractivity contribution in [2.24, 2.45) is 0 Å². The van der Waals surface area contributed by atoms with Crippen LogP contribution in [0.1, 0.15) is 31.4 Å². The van der Waals surface area contributed by atoms with E-state index in [1.807, 2.05) is 13.0 Å². The average Bonchev–Trinajstić information content (AvgIpc) is 2.37. The van der Waals surface area contributed by atoms with Crippen LogP contribution in [-0.2, 0) is 9.84 Å². The van der Waals surface area contributed by atoms with E-state index in [4.69, 9.17) is 0 Å². The Hall–Kier alpha value is -0.390. The first-order chi connectivity index (χ1) is 8.04. The zero-order valence-electron chi connectivity index (χ0n) is 9.74. The number of fused-ring (bicyclic) bond motifs is 1. The maximum absolute atomic E-state index is 12.1. The fraction of sp³-hybridized carbons (Fsp3) is 0.500. The second kappa shape index (κ2) is 5.08. The molecule has 0 spiro atoms. The molecule has 1 unspecified atom stereocenters. The first-order valence-electron chi connectivity index (χ1n) is 5.80. The predicted molar refractivity (Wildman–Crippen MR) is 71.8 cm³/mol. The van der Waals surface area contributed by atoms with Crippen molar-refractivity contribution in [3.05, 3.63) is 28.2 Å². The summed E-state index contributed by atoms with van der Waals surface area (Å²) in [6.07, 6.45) is 1.59. The number of nitrogens with one attached hydrogen (secondary N) is 1. The van der Waals surface area contributed by atoms with Crippen molar-refractivity contribution in [2.75, 3.05) is 12.3 Å². The molecular weight excluding hydrogens is 302 g/mol. The lowest BCUT2D eigenvalue weighted by Gasteiger charge is -2.18. The Morgan fingerprint density at radius 3 is 2.94 bits per heavy atom. The first-order valence-corrected chi connectivity index (χ1v) is 8.24. The molecule has 3 nitrogen and oxygen atoms in total. The maximum Gasteiger partial charge on any atom is 0.178 e. The van der Waals surface area contributed by atoms with Crippen LogP contribution < -0.4 is 5.32 Å². The van der Waals surface area contributed by atoms with Gasteiger partial charge < -0.3 is 5.32 Å². The lowest BCUT2D eigenvalue weighted by atomic mass is 10.0. The highest BCUT2D eigenvalue weighted by Gasteiger charge is 2.27. The van der Waals surface area contributed by atoms with Gasteiger partial charge in [-0.2, -0.15) is 0 Å². The minimum Gasteiger partial charge on any atom is -0.310 e. The summed E-state index contributed by atoms with van der Waals surface area (Å²) in [4.78, 5) is 0.490. The van der Waals surface area contributed by atoms with Crippen molar-refractivity contribution in [2.45, 2.75) is 30.7 Å². The van der Waals surface area contributed by atoms with E-state index in [0.29, 0.717) is 11.3 Å². The van der Waals surface area contributed by atoms with Gasteiger partial charge in [-0.05, 0) is 43.1 Å². The summed E-state index contributed by atoms with van der Waals surface area (Å²) in [5, 5.41) is 3.36. The molecule has 0 saturated carbocycles. The molecule has 1 N–H and O–H groups in total. The van der Waals surface area contributed by atoms with Gasteiger partial charge in [0.1, 0.15) is 0 Å². The minimum atomic E-state index is -3.11. The lowest BCUT2D eigenvalue weighted by molar-refractivity contribution is 0.508. The molecule has 1 aliphatic rings. The van der Waals surface area contributed by atoms with Crippen LogP contribution in [0, 0.1) is 0 Å². The van der Waals surface area contributed by atoms with Gasteiger partial charge in [0.25, 0.3) is 0 Å². The van der Waals surface area contributed by atoms with E-state index in [1.165, 1.54) is 0 Å². The molecule has 1 atom stereocenters. The number of halogens is 1. The zero-order valence-corrected chi connectivity index (χ0v) is 12.1. The molecule has 94 valence electrons. The number of hydrogen-bond acceptors (Lipinski definition) is 3. The third-order valence-electron chi connectivity index (χ3n) is 3.04. The van der Waals surface area contributed by atoms with Gasteiger partial charge in [0.2, 0.25) is 0 Å². The molecule has 1 heterocycles. The second-order valence-corrected chi connectivity index (χ2v) is 7.25. The molecule has 0 bridgehead atoms. The standard InChI is InChI=1S/C12H16BrNO2S/c1-2-14-11-4-3-7-17(15,16)12-6-5-9(13)8-10(11)12/h5-6,8,11,14H,2-4,7H2,1H3. The summed E-state index contributed by atoms with van der Waals surface area (Å²) in [6.45, 7) is 2.88. The average molecular weight is 318 g/mol. The third kappa shape index (κ3) is 2.72. The Bertz CT molecular complexity index is 513. The first kappa shape index (κ1) is 13.1. The van der Waals surface area contributed by atoms with Crippen LogP contribution in [0.4, 0.5) is 0 Å². The van der Waals surface area contributed by atoms with Gasteiger partial charge in [-0.1, -0.05) is 22.9 Å². The van der Waals surface area contributed by atoms with Crippen molar-refractivity contribution >= 4 is 25.8 Å². The summed E-state index contributed by atoms with van der Waals surface area (Å²) in [7, 11) is -3.11. The quantitative estimate of drug-likeness (QED) is 0.912. The fourth-order valence-electron chi connectivity index (χ4n) is 2.28. The molecular formula is C12H16BrNO2S. The van der Waals surface area contributed by atoms with E-state index < -0.39 is 9.84 Å². The Labute approximate surface area is 111 Å². The van der Waals surface area contributed by atoms with Gasteiger partial charge >= 0.3 is 0 Å². The van der Waals surface area contributed by atoms with E-state index in [-0.39, 0.29) is 11.8 Å². The smallest absolute Gasteiger partial charge is 0.178 e. The Balaban J connectivity index is 2.56. The molecule has 0 fully saturated rings. The van der Waals surface area contributed by atoms with Crippen LogP contribution in [0.15, 0.2) is 27.6 Å². The molecule has 0 amide bonds. The third-order valence-corrected chi connectivity index (χ3v) is 5.40. The number of benzene rings is 1. The van der Waals surface area contributed by atoms with Crippen molar-refractivity contribution < 1.29 is 8.42 Å². The van der Waals surface area contributed by atoms with E-state index in [0.717, 1.165) is 23.0 Å². The van der Waals surface area contributed by atoms with Crippen LogP contribution in [0.3, 0.4) is 0 Å². The van der Waals surface area contributed by atoms with Crippen LogP contribution in [0.5, 0.6) is 0 Å². The van der Waals surface area contributed by atoms with Gasteiger partial charge in [-0.3, -0.25) is 0 Å². The van der Waals surface area contributed by atoms with Crippen molar-refractivity contribution in [1.29, 1.82) is 0 Å². The number of hydrogen-bond donors (Lipinski definition) is 1. The van der Waals surface area contributed by atoms with Gasteiger partial charge in [-0.25, -0.2) is 8.42 Å². The van der Waals surface area contributed by atoms with Crippen LogP contribution >= 0.6 is 15.9 Å². The molecule has 0 aromatic heterocycles. The molecule has 5 heteroatoms. The number of rotatable bonds is 2. The van der Waals surface area contributed by atoms with E-state index in [1.54, 1.807) is 12.1 Å². The predicted octanol–water partition coefficient (Wildman–Crippen LogP) is 2.67.